The maximum absolute atomic E-state index is 13.3. The SMILES string of the molecule is COc1ccc(-c2nc(C(=O)N3CCCC3c3nc4ccccc4[nH]3)cs2)cc1OC. The van der Waals surface area contributed by atoms with Crippen molar-refractivity contribution >= 4 is 28.3 Å². The second-order valence-corrected chi connectivity index (χ2v) is 8.26. The van der Waals surface area contributed by atoms with E-state index < -0.39 is 0 Å². The Balaban J connectivity index is 1.41. The minimum Gasteiger partial charge on any atom is -0.493 e. The van der Waals surface area contributed by atoms with Gasteiger partial charge in [-0.3, -0.25) is 4.79 Å². The van der Waals surface area contributed by atoms with Gasteiger partial charge in [-0.25, -0.2) is 9.97 Å². The molecule has 0 aliphatic carbocycles. The molecule has 1 amide bonds. The number of carbonyl (C=O) groups excluding carboxylic acids is 1. The van der Waals surface area contributed by atoms with Crippen LogP contribution in [0.3, 0.4) is 0 Å². The standard InChI is InChI=1S/C23H22N4O3S/c1-29-19-10-9-14(12-20(19)30-2)22-26-17(13-31-22)23(28)27-11-5-8-18(27)21-24-15-6-3-4-7-16(15)25-21/h3-4,6-7,9-10,12-13,18H,5,8,11H2,1-2H3,(H,24,25). The number of H-pyrrole nitrogens is 1. The monoisotopic (exact) mass is 434 g/mol. The summed E-state index contributed by atoms with van der Waals surface area (Å²) in [6.07, 6.45) is 1.83. The number of amides is 1. The molecule has 2 aromatic heterocycles. The van der Waals surface area contributed by atoms with E-state index in [1.807, 2.05) is 52.7 Å². The van der Waals surface area contributed by atoms with Crippen molar-refractivity contribution in [1.82, 2.24) is 19.9 Å². The van der Waals surface area contributed by atoms with Crippen LogP contribution in [0.2, 0.25) is 0 Å². The lowest BCUT2D eigenvalue weighted by molar-refractivity contribution is 0.0725. The minimum absolute atomic E-state index is 0.0638. The number of hydrogen-bond donors (Lipinski definition) is 1. The van der Waals surface area contributed by atoms with Crippen molar-refractivity contribution in [3.05, 3.63) is 59.4 Å². The lowest BCUT2D eigenvalue weighted by atomic mass is 10.2. The highest BCUT2D eigenvalue weighted by Crippen LogP contribution is 2.36. The lowest BCUT2D eigenvalue weighted by Gasteiger charge is -2.22. The molecule has 2 aromatic carbocycles. The zero-order valence-electron chi connectivity index (χ0n) is 17.3. The first-order valence-corrected chi connectivity index (χ1v) is 11.0. The Morgan fingerprint density at radius 1 is 1.13 bits per heavy atom. The lowest BCUT2D eigenvalue weighted by Crippen LogP contribution is -2.31. The van der Waals surface area contributed by atoms with E-state index in [9.17, 15) is 4.79 Å². The molecule has 7 nitrogen and oxygen atoms in total. The van der Waals surface area contributed by atoms with Crippen LogP contribution in [0.25, 0.3) is 21.6 Å². The number of methoxy groups -OCH3 is 2. The van der Waals surface area contributed by atoms with Crippen LogP contribution in [-0.4, -0.2) is 46.5 Å². The Morgan fingerprint density at radius 2 is 1.97 bits per heavy atom. The van der Waals surface area contributed by atoms with Crippen LogP contribution in [0.15, 0.2) is 47.8 Å². The molecule has 1 fully saturated rings. The highest BCUT2D eigenvalue weighted by Gasteiger charge is 2.33. The maximum Gasteiger partial charge on any atom is 0.273 e. The number of rotatable bonds is 5. The molecule has 1 aliphatic rings. The van der Waals surface area contributed by atoms with E-state index in [4.69, 9.17) is 14.5 Å². The van der Waals surface area contributed by atoms with Gasteiger partial charge in [-0.05, 0) is 43.2 Å². The summed E-state index contributed by atoms with van der Waals surface area (Å²) in [6.45, 7) is 0.698. The van der Waals surface area contributed by atoms with Gasteiger partial charge in [-0.2, -0.15) is 0 Å². The highest BCUT2D eigenvalue weighted by atomic mass is 32.1. The zero-order valence-corrected chi connectivity index (χ0v) is 18.1. The summed E-state index contributed by atoms with van der Waals surface area (Å²) in [4.78, 5) is 27.9. The first-order valence-electron chi connectivity index (χ1n) is 10.1. The number of carbonyl (C=O) groups is 1. The topological polar surface area (TPSA) is 80.3 Å². The third-order valence-electron chi connectivity index (χ3n) is 5.59. The van der Waals surface area contributed by atoms with Crippen LogP contribution >= 0.6 is 11.3 Å². The third-order valence-corrected chi connectivity index (χ3v) is 6.48. The summed E-state index contributed by atoms with van der Waals surface area (Å²) in [6, 6.07) is 13.5. The summed E-state index contributed by atoms with van der Waals surface area (Å²) in [5, 5.41) is 2.59. The molecule has 0 spiro atoms. The third kappa shape index (κ3) is 3.53. The quantitative estimate of drug-likeness (QED) is 0.493. The van der Waals surface area contributed by atoms with E-state index in [0.717, 1.165) is 40.3 Å². The number of ether oxygens (including phenoxy) is 2. The van der Waals surface area contributed by atoms with Crippen molar-refractivity contribution in [2.24, 2.45) is 0 Å². The molecule has 4 aromatic rings. The molecule has 31 heavy (non-hydrogen) atoms. The number of benzene rings is 2. The Hall–Kier alpha value is -3.39. The first-order chi connectivity index (χ1) is 15.2. The van der Waals surface area contributed by atoms with E-state index >= 15 is 0 Å². The number of nitrogens with zero attached hydrogens (tertiary/aromatic N) is 3. The molecule has 0 radical (unpaired) electrons. The van der Waals surface area contributed by atoms with Crippen LogP contribution < -0.4 is 9.47 Å². The molecule has 8 heteroatoms. The molecule has 0 saturated carbocycles. The van der Waals surface area contributed by atoms with Gasteiger partial charge in [0, 0.05) is 17.5 Å². The average molecular weight is 435 g/mol. The summed E-state index contributed by atoms with van der Waals surface area (Å²) in [5.74, 6) is 2.06. The smallest absolute Gasteiger partial charge is 0.273 e. The largest absolute Gasteiger partial charge is 0.493 e. The fraction of sp³-hybridized carbons (Fsp3) is 0.261. The zero-order chi connectivity index (χ0) is 21.4. The summed E-state index contributed by atoms with van der Waals surface area (Å²) in [5.41, 5.74) is 3.25. The van der Waals surface area contributed by atoms with Crippen molar-refractivity contribution < 1.29 is 14.3 Å². The van der Waals surface area contributed by atoms with E-state index in [0.29, 0.717) is 23.7 Å². The van der Waals surface area contributed by atoms with Crippen molar-refractivity contribution in [1.29, 1.82) is 0 Å². The number of imidazole rings is 1. The Labute approximate surface area is 183 Å². The summed E-state index contributed by atoms with van der Waals surface area (Å²) >= 11 is 1.44. The minimum atomic E-state index is -0.0640. The number of fused-ring (bicyclic) bond motifs is 1. The fourth-order valence-electron chi connectivity index (χ4n) is 4.05. The van der Waals surface area contributed by atoms with E-state index in [-0.39, 0.29) is 11.9 Å². The predicted molar refractivity (Wildman–Crippen MR) is 120 cm³/mol. The van der Waals surface area contributed by atoms with Crippen molar-refractivity contribution in [3.63, 3.8) is 0 Å². The molecule has 1 aliphatic heterocycles. The second kappa shape index (κ2) is 8.03. The van der Waals surface area contributed by atoms with Gasteiger partial charge in [-0.15, -0.1) is 11.3 Å². The molecule has 1 atom stereocenters. The van der Waals surface area contributed by atoms with Gasteiger partial charge in [0.2, 0.25) is 0 Å². The van der Waals surface area contributed by atoms with Gasteiger partial charge >= 0.3 is 0 Å². The number of nitrogens with one attached hydrogen (secondary N) is 1. The van der Waals surface area contributed by atoms with Crippen LogP contribution in [-0.2, 0) is 0 Å². The van der Waals surface area contributed by atoms with E-state index in [1.165, 1.54) is 11.3 Å². The van der Waals surface area contributed by atoms with E-state index in [2.05, 4.69) is 9.97 Å². The molecular weight excluding hydrogens is 412 g/mol. The van der Waals surface area contributed by atoms with Crippen LogP contribution in [0.5, 0.6) is 11.5 Å². The molecule has 1 unspecified atom stereocenters. The van der Waals surface area contributed by atoms with Gasteiger partial charge < -0.3 is 19.4 Å². The molecular formula is C23H22N4O3S. The van der Waals surface area contributed by atoms with Gasteiger partial charge in [0.05, 0.1) is 31.3 Å². The molecule has 3 heterocycles. The molecule has 5 rings (SSSR count). The summed E-state index contributed by atoms with van der Waals surface area (Å²) < 4.78 is 10.7. The number of likely N-dealkylation sites (tertiary alicyclic amines) is 1. The first kappa shape index (κ1) is 19.6. The number of thiazole rings is 1. The molecule has 1 N–H and O–H groups in total. The normalized spacial score (nSPS) is 16.1. The summed E-state index contributed by atoms with van der Waals surface area (Å²) in [7, 11) is 3.20. The predicted octanol–water partition coefficient (Wildman–Crippen LogP) is 4.68. The van der Waals surface area contributed by atoms with Crippen molar-refractivity contribution in [2.45, 2.75) is 18.9 Å². The molecule has 1 saturated heterocycles. The van der Waals surface area contributed by atoms with Gasteiger partial charge in [0.25, 0.3) is 5.91 Å². The molecule has 158 valence electrons. The second-order valence-electron chi connectivity index (χ2n) is 7.40. The highest BCUT2D eigenvalue weighted by molar-refractivity contribution is 7.13. The number of hydrogen-bond acceptors (Lipinski definition) is 6. The van der Waals surface area contributed by atoms with Crippen LogP contribution in [0.1, 0.15) is 35.2 Å². The Kier molecular flexibility index (Phi) is 5.07. The maximum atomic E-state index is 13.3. The van der Waals surface area contributed by atoms with Crippen LogP contribution in [0.4, 0.5) is 0 Å². The van der Waals surface area contributed by atoms with Gasteiger partial charge in [0.15, 0.2) is 11.5 Å². The Morgan fingerprint density at radius 3 is 2.77 bits per heavy atom. The average Bonchev–Trinajstić information content (AvgIpc) is 3.56. The number of aromatic amines is 1. The fourth-order valence-corrected chi connectivity index (χ4v) is 4.84. The van der Waals surface area contributed by atoms with Crippen LogP contribution in [0, 0.1) is 0 Å². The number of aromatic nitrogens is 3. The van der Waals surface area contributed by atoms with Gasteiger partial charge in [0.1, 0.15) is 16.5 Å². The Bertz CT molecular complexity index is 1220. The van der Waals surface area contributed by atoms with Crippen molar-refractivity contribution in [2.75, 3.05) is 20.8 Å². The number of para-hydroxylation sites is 2. The van der Waals surface area contributed by atoms with Gasteiger partial charge in [-0.1, -0.05) is 12.1 Å². The van der Waals surface area contributed by atoms with Crippen molar-refractivity contribution in [3.8, 4) is 22.1 Å². The molecule has 0 bridgehead atoms. The van der Waals surface area contributed by atoms with E-state index in [1.54, 1.807) is 14.2 Å².